The lowest BCUT2D eigenvalue weighted by atomic mass is 9.84. The number of unbranched alkanes of at least 4 members (excludes halogenated alkanes) is 6. The molecule has 0 bridgehead atoms. The number of hydrogen-bond acceptors (Lipinski definition) is 5. The summed E-state index contributed by atoms with van der Waals surface area (Å²) in [5, 5.41) is 4.86. The molecule has 3 heterocycles. The highest BCUT2D eigenvalue weighted by molar-refractivity contribution is 7.28. The maximum absolute atomic E-state index is 6.82. The van der Waals surface area contributed by atoms with Gasteiger partial charge in [0, 0.05) is 40.4 Å². The number of fused-ring (bicyclic) bond motifs is 2. The number of ether oxygens (including phenoxy) is 2. The van der Waals surface area contributed by atoms with Crippen LogP contribution in [0.4, 0.5) is 0 Å². The quantitative estimate of drug-likeness (QED) is 0.0900. The van der Waals surface area contributed by atoms with Crippen molar-refractivity contribution in [2.75, 3.05) is 13.2 Å². The van der Waals surface area contributed by atoms with E-state index in [2.05, 4.69) is 158 Å². The third-order valence-electron chi connectivity index (χ3n) is 13.3. The first-order valence-electron chi connectivity index (χ1n) is 23.7. The Morgan fingerprint density at radius 2 is 0.873 bits per heavy atom. The Morgan fingerprint density at radius 1 is 0.429 bits per heavy atom. The Hall–Kier alpha value is -3.90. The van der Waals surface area contributed by atoms with Crippen LogP contribution in [-0.2, 0) is 10.8 Å². The van der Waals surface area contributed by atoms with Gasteiger partial charge < -0.3 is 9.47 Å². The van der Waals surface area contributed by atoms with E-state index < -0.39 is 0 Å². The van der Waals surface area contributed by atoms with Crippen LogP contribution in [0.1, 0.15) is 151 Å². The molecule has 5 heteroatoms. The van der Waals surface area contributed by atoms with Crippen molar-refractivity contribution < 1.29 is 9.47 Å². The highest BCUT2D eigenvalue weighted by Crippen LogP contribution is 2.53. The molecule has 0 spiro atoms. The van der Waals surface area contributed by atoms with Gasteiger partial charge in [0.15, 0.2) is 0 Å². The maximum Gasteiger partial charge on any atom is 0.127 e. The summed E-state index contributed by atoms with van der Waals surface area (Å²) in [5.41, 5.74) is 13.5. The molecule has 0 amide bonds. The predicted molar refractivity (Wildman–Crippen MR) is 282 cm³/mol. The van der Waals surface area contributed by atoms with E-state index in [1.807, 2.05) is 34.0 Å². The highest BCUT2D eigenvalue weighted by Gasteiger charge is 2.28. The van der Waals surface area contributed by atoms with E-state index in [1.54, 1.807) is 0 Å². The standard InChI is InChI=1S/C58H72O2S3/c1-15-17-19-21-31-59-47-29-24-41-33-43(51-35(3)36(4)52(61-51)53-37(5)38(6)54(62-53)55-39(7)40(8)56(63-55)58(12,13)14)23-27-45(41)49(47)50-46-28-26-44(57(9,10)11)34-42(46)25-30-48(50)60-32-22-20-18-16-2/h23-30,33-34H,15-22,31-32H2,1-14H3. The minimum Gasteiger partial charge on any atom is -0.493 e. The SMILES string of the molecule is CCCCCCOc1ccc2cc(-c3sc(-c4sc(-c5sc(C(C)(C)C)c(C)c5C)c(C)c4C)c(C)c3C)ccc2c1-c1c(OCCCCCC)ccc2cc(C(C)(C)C)ccc12. The van der Waals surface area contributed by atoms with Crippen molar-refractivity contribution in [2.24, 2.45) is 0 Å². The monoisotopic (exact) mass is 896 g/mol. The molecule has 2 nitrogen and oxygen atoms in total. The zero-order valence-electron chi connectivity index (χ0n) is 40.9. The third kappa shape index (κ3) is 9.59. The second kappa shape index (κ2) is 19.3. The molecule has 0 saturated heterocycles. The second-order valence-corrected chi connectivity index (χ2v) is 23.2. The van der Waals surface area contributed by atoms with Crippen LogP contribution in [0.5, 0.6) is 11.5 Å². The van der Waals surface area contributed by atoms with Gasteiger partial charge in [-0.05, 0) is 149 Å². The highest BCUT2D eigenvalue weighted by atomic mass is 32.1. The molecule has 0 aliphatic rings. The lowest BCUT2D eigenvalue weighted by Crippen LogP contribution is -2.10. The lowest BCUT2D eigenvalue weighted by Gasteiger charge is -2.22. The Kier molecular flexibility index (Phi) is 14.4. The Morgan fingerprint density at radius 3 is 1.35 bits per heavy atom. The molecule has 4 aromatic carbocycles. The van der Waals surface area contributed by atoms with Crippen LogP contribution >= 0.6 is 34.0 Å². The molecular formula is C58H72O2S3. The third-order valence-corrected chi connectivity index (χ3v) is 18.3. The van der Waals surface area contributed by atoms with Gasteiger partial charge in [0.2, 0.25) is 0 Å². The molecule has 0 saturated carbocycles. The molecule has 334 valence electrons. The summed E-state index contributed by atoms with van der Waals surface area (Å²) in [7, 11) is 0. The van der Waals surface area contributed by atoms with Gasteiger partial charge in [-0.15, -0.1) is 34.0 Å². The van der Waals surface area contributed by atoms with E-state index in [9.17, 15) is 0 Å². The molecule has 0 aliphatic carbocycles. The molecule has 0 unspecified atom stereocenters. The van der Waals surface area contributed by atoms with Gasteiger partial charge in [-0.2, -0.15) is 0 Å². The van der Waals surface area contributed by atoms with Crippen molar-refractivity contribution in [1.82, 2.24) is 0 Å². The van der Waals surface area contributed by atoms with Gasteiger partial charge in [-0.1, -0.05) is 136 Å². The average Bonchev–Trinajstić information content (AvgIpc) is 3.83. The van der Waals surface area contributed by atoms with Crippen molar-refractivity contribution in [3.05, 3.63) is 104 Å². The van der Waals surface area contributed by atoms with E-state index >= 15 is 0 Å². The number of benzene rings is 4. The van der Waals surface area contributed by atoms with Crippen molar-refractivity contribution in [3.8, 4) is 52.6 Å². The lowest BCUT2D eigenvalue weighted by molar-refractivity contribution is 0.302. The van der Waals surface area contributed by atoms with Crippen LogP contribution in [0.2, 0.25) is 0 Å². The predicted octanol–water partition coefficient (Wildman–Crippen LogP) is 19.2. The van der Waals surface area contributed by atoms with Crippen molar-refractivity contribution in [3.63, 3.8) is 0 Å². The van der Waals surface area contributed by atoms with E-state index in [1.165, 1.54) is 134 Å². The fourth-order valence-electron chi connectivity index (χ4n) is 9.05. The largest absolute Gasteiger partial charge is 0.493 e. The van der Waals surface area contributed by atoms with Crippen LogP contribution in [-0.4, -0.2) is 13.2 Å². The summed E-state index contributed by atoms with van der Waals surface area (Å²) >= 11 is 5.96. The molecule has 3 aromatic heterocycles. The number of thiophene rings is 3. The van der Waals surface area contributed by atoms with Crippen molar-refractivity contribution in [1.29, 1.82) is 0 Å². The van der Waals surface area contributed by atoms with Gasteiger partial charge in [0.25, 0.3) is 0 Å². The number of hydrogen-bond donors (Lipinski definition) is 0. The topological polar surface area (TPSA) is 18.5 Å². The second-order valence-electron chi connectivity index (χ2n) is 20.1. The minimum absolute atomic E-state index is 0.0469. The van der Waals surface area contributed by atoms with Gasteiger partial charge in [-0.3, -0.25) is 0 Å². The summed E-state index contributed by atoms with van der Waals surface area (Å²) in [4.78, 5) is 8.55. The molecular weight excluding hydrogens is 825 g/mol. The van der Waals surface area contributed by atoms with Gasteiger partial charge in [0.1, 0.15) is 11.5 Å². The van der Waals surface area contributed by atoms with Crippen LogP contribution in [0.15, 0.2) is 60.7 Å². The Bertz CT molecular complexity index is 2740. The Labute approximate surface area is 392 Å². The first-order valence-corrected chi connectivity index (χ1v) is 26.1. The van der Waals surface area contributed by atoms with E-state index in [4.69, 9.17) is 9.47 Å². The summed E-state index contributed by atoms with van der Waals surface area (Å²) in [6.07, 6.45) is 9.34. The zero-order valence-corrected chi connectivity index (χ0v) is 43.3. The molecule has 7 rings (SSSR count). The van der Waals surface area contributed by atoms with Crippen LogP contribution < -0.4 is 9.47 Å². The minimum atomic E-state index is 0.0469. The maximum atomic E-state index is 6.82. The molecule has 0 fully saturated rings. The summed E-state index contributed by atoms with van der Waals surface area (Å²) in [6, 6.07) is 23.1. The molecule has 0 radical (unpaired) electrons. The Balaban J connectivity index is 1.36. The molecule has 63 heavy (non-hydrogen) atoms. The van der Waals surface area contributed by atoms with Gasteiger partial charge in [-0.25, -0.2) is 0 Å². The van der Waals surface area contributed by atoms with Crippen LogP contribution in [0.3, 0.4) is 0 Å². The summed E-state index contributed by atoms with van der Waals surface area (Å²) < 4.78 is 13.6. The average molecular weight is 897 g/mol. The molecule has 0 N–H and O–H groups in total. The van der Waals surface area contributed by atoms with Crippen LogP contribution in [0.25, 0.3) is 62.6 Å². The van der Waals surface area contributed by atoms with Crippen molar-refractivity contribution in [2.45, 2.75) is 159 Å². The first kappa shape index (κ1) is 47.1. The van der Waals surface area contributed by atoms with Crippen molar-refractivity contribution >= 4 is 55.6 Å². The summed E-state index contributed by atoms with van der Waals surface area (Å²) in [6.45, 7) is 33.8. The molecule has 0 atom stereocenters. The fourth-order valence-corrected chi connectivity index (χ4v) is 13.5. The smallest absolute Gasteiger partial charge is 0.127 e. The van der Waals surface area contributed by atoms with E-state index in [0.29, 0.717) is 13.2 Å². The molecule has 0 aliphatic heterocycles. The van der Waals surface area contributed by atoms with Gasteiger partial charge >= 0.3 is 0 Å². The first-order chi connectivity index (χ1) is 30.0. The fraction of sp³-hybridized carbons (Fsp3) is 0.448. The molecule has 7 aromatic rings. The van der Waals surface area contributed by atoms with E-state index in [0.717, 1.165) is 35.5 Å². The van der Waals surface area contributed by atoms with Crippen LogP contribution in [0, 0.1) is 41.5 Å². The van der Waals surface area contributed by atoms with Gasteiger partial charge in [0.05, 0.1) is 13.2 Å². The zero-order chi connectivity index (χ0) is 45.4. The number of rotatable bonds is 16. The normalized spacial score (nSPS) is 12.3. The van der Waals surface area contributed by atoms with E-state index in [-0.39, 0.29) is 10.8 Å². The summed E-state index contributed by atoms with van der Waals surface area (Å²) in [5.74, 6) is 1.87.